The van der Waals surface area contributed by atoms with Crippen molar-refractivity contribution in [3.8, 4) is 0 Å². The number of carbonyl (C=O) groups excluding carboxylic acids is 3. The predicted octanol–water partition coefficient (Wildman–Crippen LogP) is 2.52. The van der Waals surface area contributed by atoms with E-state index >= 15 is 0 Å². The second-order valence-corrected chi connectivity index (χ2v) is 7.54. The fraction of sp³-hybridized carbons (Fsp3) is 0.550. The summed E-state index contributed by atoms with van der Waals surface area (Å²) in [6.45, 7) is 1.57. The number of benzene rings is 1. The van der Waals surface area contributed by atoms with Crippen LogP contribution in [0.15, 0.2) is 18.2 Å². The smallest absolute Gasteiger partial charge is 0.261 e. The molecule has 6 nitrogen and oxygen atoms in total. The van der Waals surface area contributed by atoms with Gasteiger partial charge < -0.3 is 10.6 Å². The molecule has 3 amide bonds. The molecule has 0 radical (unpaired) electrons. The Morgan fingerprint density at radius 3 is 2.48 bits per heavy atom. The van der Waals surface area contributed by atoms with Crippen LogP contribution in [0.5, 0.6) is 0 Å². The molecule has 0 spiro atoms. The molecule has 4 rings (SSSR count). The zero-order valence-electron chi connectivity index (χ0n) is 15.3. The van der Waals surface area contributed by atoms with E-state index in [0.717, 1.165) is 45.1 Å². The summed E-state index contributed by atoms with van der Waals surface area (Å²) in [5.74, 6) is -0.652. The van der Waals surface area contributed by atoms with Crippen LogP contribution < -0.4 is 10.6 Å². The van der Waals surface area contributed by atoms with E-state index in [1.165, 1.54) is 11.3 Å². The van der Waals surface area contributed by atoms with Gasteiger partial charge in [-0.2, -0.15) is 0 Å². The van der Waals surface area contributed by atoms with E-state index in [-0.39, 0.29) is 36.2 Å². The predicted molar refractivity (Wildman–Crippen MR) is 104 cm³/mol. The van der Waals surface area contributed by atoms with Crippen LogP contribution in [-0.4, -0.2) is 47.8 Å². The molecule has 1 aliphatic carbocycles. The van der Waals surface area contributed by atoms with Crippen LogP contribution in [-0.2, 0) is 0 Å². The summed E-state index contributed by atoms with van der Waals surface area (Å²) in [6, 6.07) is 5.17. The first-order valence-corrected chi connectivity index (χ1v) is 9.68. The van der Waals surface area contributed by atoms with Crippen LogP contribution in [0.25, 0.3) is 0 Å². The van der Waals surface area contributed by atoms with Crippen molar-refractivity contribution in [1.29, 1.82) is 0 Å². The summed E-state index contributed by atoms with van der Waals surface area (Å²) in [7, 11) is 0. The highest BCUT2D eigenvalue weighted by molar-refractivity contribution is 6.22. The lowest BCUT2D eigenvalue weighted by molar-refractivity contribution is 0.0549. The average molecular weight is 392 g/mol. The minimum Gasteiger partial charge on any atom is -0.350 e. The topological polar surface area (TPSA) is 78.5 Å². The number of hydrogen-bond acceptors (Lipinski definition) is 4. The Hall–Kier alpha value is -1.92. The van der Waals surface area contributed by atoms with Gasteiger partial charge in [-0.15, -0.1) is 12.4 Å². The number of nitrogens with one attached hydrogen (secondary N) is 2. The molecule has 0 aromatic heterocycles. The highest BCUT2D eigenvalue weighted by Crippen LogP contribution is 2.31. The van der Waals surface area contributed by atoms with Crippen molar-refractivity contribution in [1.82, 2.24) is 15.5 Å². The molecule has 146 valence electrons. The van der Waals surface area contributed by atoms with E-state index < -0.39 is 0 Å². The van der Waals surface area contributed by atoms with Gasteiger partial charge in [0.25, 0.3) is 17.7 Å². The monoisotopic (exact) mass is 391 g/mol. The zero-order valence-corrected chi connectivity index (χ0v) is 16.1. The SMILES string of the molecule is Cl.O=C(NCC1CCCN1)c1ccc2c(c1)C(=O)N(C1CCCCC1)C2=O. The number of imide groups is 1. The van der Waals surface area contributed by atoms with Gasteiger partial charge in [0, 0.05) is 24.2 Å². The van der Waals surface area contributed by atoms with Crippen molar-refractivity contribution in [2.75, 3.05) is 13.1 Å². The highest BCUT2D eigenvalue weighted by atomic mass is 35.5. The maximum Gasteiger partial charge on any atom is 0.261 e. The van der Waals surface area contributed by atoms with Gasteiger partial charge in [-0.25, -0.2) is 0 Å². The maximum atomic E-state index is 12.8. The van der Waals surface area contributed by atoms with Gasteiger partial charge in [0.2, 0.25) is 0 Å². The van der Waals surface area contributed by atoms with E-state index in [4.69, 9.17) is 0 Å². The Labute approximate surface area is 165 Å². The van der Waals surface area contributed by atoms with Crippen molar-refractivity contribution >= 4 is 30.1 Å². The van der Waals surface area contributed by atoms with Crippen molar-refractivity contribution in [2.45, 2.75) is 57.0 Å². The molecule has 27 heavy (non-hydrogen) atoms. The number of nitrogens with zero attached hydrogens (tertiary/aromatic N) is 1. The zero-order chi connectivity index (χ0) is 18.1. The molecule has 0 bridgehead atoms. The molecule has 1 unspecified atom stereocenters. The molecule has 1 aromatic rings. The third-order valence-electron chi connectivity index (χ3n) is 5.79. The molecule has 3 aliphatic rings. The van der Waals surface area contributed by atoms with Gasteiger partial charge in [0.15, 0.2) is 0 Å². The molecule has 1 saturated carbocycles. The van der Waals surface area contributed by atoms with Crippen LogP contribution in [0, 0.1) is 0 Å². The Balaban J connectivity index is 0.00000210. The van der Waals surface area contributed by atoms with Gasteiger partial charge >= 0.3 is 0 Å². The van der Waals surface area contributed by atoms with Crippen LogP contribution in [0.1, 0.15) is 76.0 Å². The van der Waals surface area contributed by atoms with E-state index in [1.807, 2.05) is 0 Å². The Kier molecular flexibility index (Phi) is 6.17. The van der Waals surface area contributed by atoms with Crippen molar-refractivity contribution in [3.63, 3.8) is 0 Å². The Morgan fingerprint density at radius 1 is 1.04 bits per heavy atom. The van der Waals surface area contributed by atoms with Gasteiger partial charge in [-0.05, 0) is 50.4 Å². The van der Waals surface area contributed by atoms with E-state index in [9.17, 15) is 14.4 Å². The fourth-order valence-electron chi connectivity index (χ4n) is 4.32. The summed E-state index contributed by atoms with van der Waals surface area (Å²) in [5.41, 5.74) is 1.23. The van der Waals surface area contributed by atoms with Crippen LogP contribution in [0.4, 0.5) is 0 Å². The summed E-state index contributed by atoms with van der Waals surface area (Å²) < 4.78 is 0. The van der Waals surface area contributed by atoms with Gasteiger partial charge in [-0.1, -0.05) is 19.3 Å². The first kappa shape index (κ1) is 19.8. The summed E-state index contributed by atoms with van der Waals surface area (Å²) in [5, 5.41) is 6.26. The maximum absolute atomic E-state index is 12.8. The Morgan fingerprint density at radius 2 is 1.78 bits per heavy atom. The molecule has 2 aliphatic heterocycles. The van der Waals surface area contributed by atoms with Crippen molar-refractivity contribution < 1.29 is 14.4 Å². The molecule has 2 heterocycles. The molecule has 7 heteroatoms. The number of hydrogen-bond donors (Lipinski definition) is 2. The number of amides is 3. The Bertz CT molecular complexity index is 740. The number of rotatable bonds is 4. The summed E-state index contributed by atoms with van der Waals surface area (Å²) >= 11 is 0. The normalized spacial score (nSPS) is 22.5. The molecular weight excluding hydrogens is 366 g/mol. The second kappa shape index (κ2) is 8.40. The third kappa shape index (κ3) is 3.87. The quantitative estimate of drug-likeness (QED) is 0.773. The molecular formula is C20H26ClN3O3. The van der Waals surface area contributed by atoms with Gasteiger partial charge in [-0.3, -0.25) is 19.3 Å². The number of halogens is 1. The van der Waals surface area contributed by atoms with Crippen LogP contribution in [0.3, 0.4) is 0 Å². The lowest BCUT2D eigenvalue weighted by Crippen LogP contribution is -2.40. The van der Waals surface area contributed by atoms with E-state index in [2.05, 4.69) is 10.6 Å². The van der Waals surface area contributed by atoms with Gasteiger partial charge in [0.05, 0.1) is 11.1 Å². The van der Waals surface area contributed by atoms with Crippen LogP contribution in [0.2, 0.25) is 0 Å². The second-order valence-electron chi connectivity index (χ2n) is 7.54. The average Bonchev–Trinajstić information content (AvgIpc) is 3.27. The van der Waals surface area contributed by atoms with Crippen LogP contribution >= 0.6 is 12.4 Å². The molecule has 1 saturated heterocycles. The molecule has 1 atom stereocenters. The lowest BCUT2D eigenvalue weighted by atomic mass is 9.94. The molecule has 2 fully saturated rings. The third-order valence-corrected chi connectivity index (χ3v) is 5.79. The number of fused-ring (bicyclic) bond motifs is 1. The standard InChI is InChI=1S/C20H25N3O3.ClH/c24-18(22-12-14-5-4-10-21-14)13-8-9-16-17(11-13)20(26)23(19(16)25)15-6-2-1-3-7-15;/h8-9,11,14-15,21H,1-7,10,12H2,(H,22,24);1H. The van der Waals surface area contributed by atoms with Crippen molar-refractivity contribution in [2.24, 2.45) is 0 Å². The lowest BCUT2D eigenvalue weighted by Gasteiger charge is -2.29. The first-order valence-electron chi connectivity index (χ1n) is 9.68. The number of carbonyl (C=O) groups is 3. The molecule has 1 aromatic carbocycles. The van der Waals surface area contributed by atoms with E-state index in [0.29, 0.717) is 29.3 Å². The summed E-state index contributed by atoms with van der Waals surface area (Å²) in [6.07, 6.45) is 7.24. The first-order chi connectivity index (χ1) is 12.6. The minimum absolute atomic E-state index is 0. The van der Waals surface area contributed by atoms with Crippen molar-refractivity contribution in [3.05, 3.63) is 34.9 Å². The largest absolute Gasteiger partial charge is 0.350 e. The van der Waals surface area contributed by atoms with Gasteiger partial charge in [0.1, 0.15) is 0 Å². The summed E-state index contributed by atoms with van der Waals surface area (Å²) in [4.78, 5) is 39.3. The highest BCUT2D eigenvalue weighted by Gasteiger charge is 2.40. The molecule has 2 N–H and O–H groups in total. The minimum atomic E-state index is -0.246. The fourth-order valence-corrected chi connectivity index (χ4v) is 4.32. The van der Waals surface area contributed by atoms with E-state index in [1.54, 1.807) is 18.2 Å².